The van der Waals surface area contributed by atoms with E-state index in [0.29, 0.717) is 32.1 Å². The molecule has 2 aromatic carbocycles. The van der Waals surface area contributed by atoms with Crippen LogP contribution >= 0.6 is 34.8 Å². The van der Waals surface area contributed by atoms with Gasteiger partial charge in [0.05, 0.1) is 30.3 Å². The summed E-state index contributed by atoms with van der Waals surface area (Å²) in [5.74, 6) is 1.11. The Labute approximate surface area is 138 Å². The van der Waals surface area contributed by atoms with Crippen molar-refractivity contribution in [2.45, 2.75) is 6.04 Å². The molecule has 2 N–H and O–H groups in total. The van der Waals surface area contributed by atoms with Crippen LogP contribution in [-0.4, -0.2) is 14.2 Å². The van der Waals surface area contributed by atoms with Crippen molar-refractivity contribution in [2.24, 2.45) is 5.73 Å². The fraction of sp³-hybridized carbons (Fsp3) is 0.200. The molecule has 0 aliphatic rings. The average molecular weight is 347 g/mol. The summed E-state index contributed by atoms with van der Waals surface area (Å²) >= 11 is 18.2. The molecule has 0 aliphatic heterocycles. The van der Waals surface area contributed by atoms with Crippen molar-refractivity contribution in [3.05, 3.63) is 56.5 Å². The van der Waals surface area contributed by atoms with Gasteiger partial charge in [-0.05, 0) is 29.3 Å². The van der Waals surface area contributed by atoms with E-state index in [0.717, 1.165) is 5.56 Å². The Morgan fingerprint density at radius 2 is 1.48 bits per heavy atom. The van der Waals surface area contributed by atoms with Crippen LogP contribution in [0.25, 0.3) is 0 Å². The number of hydrogen-bond donors (Lipinski definition) is 1. The summed E-state index contributed by atoms with van der Waals surface area (Å²) in [5.41, 5.74) is 7.79. The fourth-order valence-corrected chi connectivity index (χ4v) is 2.57. The zero-order valence-electron chi connectivity index (χ0n) is 11.5. The molecule has 1 unspecified atom stereocenters. The van der Waals surface area contributed by atoms with Gasteiger partial charge >= 0.3 is 0 Å². The van der Waals surface area contributed by atoms with Gasteiger partial charge in [0.2, 0.25) is 0 Å². The second-order valence-electron chi connectivity index (χ2n) is 4.38. The molecule has 2 aromatic rings. The predicted molar refractivity (Wildman–Crippen MR) is 87.0 cm³/mol. The minimum absolute atomic E-state index is 0.446. The number of halogens is 3. The highest BCUT2D eigenvalue weighted by Gasteiger charge is 2.17. The molecule has 2 rings (SSSR count). The molecule has 21 heavy (non-hydrogen) atoms. The van der Waals surface area contributed by atoms with Crippen molar-refractivity contribution in [2.75, 3.05) is 14.2 Å². The first-order valence-corrected chi connectivity index (χ1v) is 7.23. The second kappa shape index (κ2) is 6.75. The molecule has 0 saturated heterocycles. The number of hydrogen-bond acceptors (Lipinski definition) is 3. The summed E-state index contributed by atoms with van der Waals surface area (Å²) < 4.78 is 10.5. The number of methoxy groups -OCH3 is 2. The lowest BCUT2D eigenvalue weighted by atomic mass is 9.99. The summed E-state index contributed by atoms with van der Waals surface area (Å²) in [6.45, 7) is 0. The first-order valence-electron chi connectivity index (χ1n) is 6.10. The molecule has 1 atom stereocenters. The maximum Gasteiger partial charge on any atom is 0.162 e. The Morgan fingerprint density at radius 3 is 2.05 bits per heavy atom. The van der Waals surface area contributed by atoms with Crippen LogP contribution in [0.1, 0.15) is 17.2 Å². The first-order chi connectivity index (χ1) is 9.97. The lowest BCUT2D eigenvalue weighted by Crippen LogP contribution is -2.13. The monoisotopic (exact) mass is 345 g/mol. The van der Waals surface area contributed by atoms with E-state index >= 15 is 0 Å². The van der Waals surface area contributed by atoms with Gasteiger partial charge in [0.1, 0.15) is 0 Å². The highest BCUT2D eigenvalue weighted by Crippen LogP contribution is 2.37. The number of nitrogens with two attached hydrogens (primary N) is 1. The molecule has 0 spiro atoms. The van der Waals surface area contributed by atoms with Gasteiger partial charge in [0.15, 0.2) is 11.5 Å². The van der Waals surface area contributed by atoms with E-state index in [4.69, 9.17) is 50.0 Å². The van der Waals surface area contributed by atoms with Gasteiger partial charge in [-0.1, -0.05) is 40.9 Å². The lowest BCUT2D eigenvalue weighted by molar-refractivity contribution is 0.354. The molecule has 0 saturated carbocycles. The molecule has 0 radical (unpaired) electrons. The summed E-state index contributed by atoms with van der Waals surface area (Å²) in [7, 11) is 3.10. The molecule has 0 heterocycles. The highest BCUT2D eigenvalue weighted by molar-refractivity contribution is 6.42. The Morgan fingerprint density at radius 1 is 0.857 bits per heavy atom. The largest absolute Gasteiger partial charge is 0.493 e. The van der Waals surface area contributed by atoms with E-state index < -0.39 is 6.04 Å². The van der Waals surface area contributed by atoms with Gasteiger partial charge in [-0.3, -0.25) is 0 Å². The maximum absolute atomic E-state index is 6.28. The lowest BCUT2D eigenvalue weighted by Gasteiger charge is -2.17. The van der Waals surface area contributed by atoms with Gasteiger partial charge < -0.3 is 15.2 Å². The van der Waals surface area contributed by atoms with E-state index in [9.17, 15) is 0 Å². The van der Waals surface area contributed by atoms with Crippen molar-refractivity contribution < 1.29 is 9.47 Å². The van der Waals surface area contributed by atoms with Crippen LogP contribution in [0.5, 0.6) is 11.5 Å². The SMILES string of the molecule is COc1cc(Cl)c(C(N)c2ccc(Cl)c(Cl)c2)cc1OC. The topological polar surface area (TPSA) is 44.5 Å². The minimum atomic E-state index is -0.452. The zero-order chi connectivity index (χ0) is 15.6. The van der Waals surface area contributed by atoms with Crippen molar-refractivity contribution in [3.63, 3.8) is 0 Å². The van der Waals surface area contributed by atoms with Gasteiger partial charge in [-0.25, -0.2) is 0 Å². The average Bonchev–Trinajstić information content (AvgIpc) is 2.49. The molecule has 0 aliphatic carbocycles. The molecular weight excluding hydrogens is 333 g/mol. The van der Waals surface area contributed by atoms with Gasteiger partial charge in [0, 0.05) is 11.1 Å². The molecule has 0 fully saturated rings. The quantitative estimate of drug-likeness (QED) is 0.871. The van der Waals surface area contributed by atoms with E-state index in [1.54, 1.807) is 38.5 Å². The van der Waals surface area contributed by atoms with Crippen LogP contribution in [0, 0.1) is 0 Å². The molecule has 6 heteroatoms. The van der Waals surface area contributed by atoms with E-state index in [2.05, 4.69) is 0 Å². The van der Waals surface area contributed by atoms with Gasteiger partial charge in [-0.2, -0.15) is 0 Å². The second-order valence-corrected chi connectivity index (χ2v) is 5.60. The van der Waals surface area contributed by atoms with E-state index in [1.807, 2.05) is 6.07 Å². The van der Waals surface area contributed by atoms with Gasteiger partial charge in [-0.15, -0.1) is 0 Å². The minimum Gasteiger partial charge on any atom is -0.493 e. The number of ether oxygens (including phenoxy) is 2. The Balaban J connectivity index is 2.47. The summed E-state index contributed by atoms with van der Waals surface area (Å²) in [6.07, 6.45) is 0. The predicted octanol–water partition coefficient (Wildman–Crippen LogP) is 4.71. The Hall–Kier alpha value is -1.13. The van der Waals surface area contributed by atoms with Gasteiger partial charge in [0.25, 0.3) is 0 Å². The Kier molecular flexibility index (Phi) is 5.22. The normalized spacial score (nSPS) is 12.1. The van der Waals surface area contributed by atoms with Crippen LogP contribution < -0.4 is 15.2 Å². The Bertz CT molecular complexity index is 662. The van der Waals surface area contributed by atoms with Crippen molar-refractivity contribution in [3.8, 4) is 11.5 Å². The van der Waals surface area contributed by atoms with E-state index in [1.165, 1.54) is 0 Å². The number of rotatable bonds is 4. The van der Waals surface area contributed by atoms with Crippen molar-refractivity contribution in [1.82, 2.24) is 0 Å². The maximum atomic E-state index is 6.28. The zero-order valence-corrected chi connectivity index (χ0v) is 13.8. The van der Waals surface area contributed by atoms with Crippen LogP contribution in [-0.2, 0) is 0 Å². The van der Waals surface area contributed by atoms with Crippen LogP contribution in [0.3, 0.4) is 0 Å². The molecule has 0 aromatic heterocycles. The molecule has 0 amide bonds. The third-order valence-electron chi connectivity index (χ3n) is 3.14. The summed E-state index contributed by atoms with van der Waals surface area (Å²) in [4.78, 5) is 0. The van der Waals surface area contributed by atoms with Crippen LogP contribution in [0.4, 0.5) is 0 Å². The highest BCUT2D eigenvalue weighted by atomic mass is 35.5. The van der Waals surface area contributed by atoms with Crippen molar-refractivity contribution >= 4 is 34.8 Å². The van der Waals surface area contributed by atoms with Crippen LogP contribution in [0.2, 0.25) is 15.1 Å². The molecular formula is C15H14Cl3NO2. The number of benzene rings is 2. The van der Waals surface area contributed by atoms with Crippen LogP contribution in [0.15, 0.2) is 30.3 Å². The fourth-order valence-electron chi connectivity index (χ4n) is 1.99. The smallest absolute Gasteiger partial charge is 0.162 e. The summed E-state index contributed by atoms with van der Waals surface area (Å²) in [5, 5.41) is 1.42. The molecule has 0 bridgehead atoms. The molecule has 3 nitrogen and oxygen atoms in total. The third-order valence-corrected chi connectivity index (χ3v) is 4.21. The van der Waals surface area contributed by atoms with E-state index in [-0.39, 0.29) is 0 Å². The van der Waals surface area contributed by atoms with Crippen molar-refractivity contribution in [1.29, 1.82) is 0 Å². The standard InChI is InChI=1S/C15H14Cl3NO2/c1-20-13-6-9(11(17)7-14(13)21-2)15(19)8-3-4-10(16)12(18)5-8/h3-7,15H,19H2,1-2H3. The first kappa shape index (κ1) is 16.2. The molecule has 112 valence electrons. The third kappa shape index (κ3) is 3.38. The summed E-state index contributed by atoms with van der Waals surface area (Å²) in [6, 6.07) is 8.22.